The number of aryl methyl sites for hydroxylation is 1. The van der Waals surface area contributed by atoms with Crippen LogP contribution in [-0.2, 0) is 0 Å². The standard InChI is InChI=1S/C22H21F2N3O2/c1-4-20(19-12-16(24)7-10-21(19)28)25-26-22(29)18-11-13(2)27(14(18)3)17-8-5-15(23)6-9-17/h5-12,28H,4H2,1-3H3,(H,26,29)/b25-20+. The first-order chi connectivity index (χ1) is 13.8. The van der Waals surface area contributed by atoms with E-state index < -0.39 is 11.7 Å². The summed E-state index contributed by atoms with van der Waals surface area (Å²) in [5.74, 6) is -1.40. The molecule has 0 unspecified atom stereocenters. The number of rotatable bonds is 5. The zero-order valence-corrected chi connectivity index (χ0v) is 16.3. The van der Waals surface area contributed by atoms with Crippen LogP contribution in [0, 0.1) is 25.5 Å². The highest BCUT2D eigenvalue weighted by molar-refractivity contribution is 6.04. The van der Waals surface area contributed by atoms with E-state index in [1.54, 1.807) is 32.0 Å². The van der Waals surface area contributed by atoms with E-state index in [2.05, 4.69) is 10.5 Å². The Balaban J connectivity index is 1.89. The Labute approximate surface area is 167 Å². The van der Waals surface area contributed by atoms with E-state index in [0.717, 1.165) is 17.4 Å². The first-order valence-corrected chi connectivity index (χ1v) is 9.12. The van der Waals surface area contributed by atoms with Gasteiger partial charge in [-0.05, 0) is 68.8 Å². The molecule has 5 nitrogen and oxygen atoms in total. The van der Waals surface area contributed by atoms with Crippen molar-refractivity contribution in [1.82, 2.24) is 9.99 Å². The van der Waals surface area contributed by atoms with Crippen LogP contribution in [0.25, 0.3) is 5.69 Å². The normalized spacial score (nSPS) is 11.6. The molecule has 1 aromatic heterocycles. The van der Waals surface area contributed by atoms with E-state index in [4.69, 9.17) is 0 Å². The number of hydrazone groups is 1. The molecule has 0 bridgehead atoms. The molecule has 3 rings (SSSR count). The van der Waals surface area contributed by atoms with Gasteiger partial charge in [-0.3, -0.25) is 4.79 Å². The molecule has 0 saturated carbocycles. The summed E-state index contributed by atoms with van der Waals surface area (Å²) in [6.07, 6.45) is 0.381. The Bertz CT molecular complexity index is 1090. The van der Waals surface area contributed by atoms with Gasteiger partial charge in [0.1, 0.15) is 17.4 Å². The van der Waals surface area contributed by atoms with Gasteiger partial charge in [0.2, 0.25) is 0 Å². The number of nitrogens with zero attached hydrogens (tertiary/aromatic N) is 2. The first-order valence-electron chi connectivity index (χ1n) is 9.12. The minimum Gasteiger partial charge on any atom is -0.507 e. The lowest BCUT2D eigenvalue weighted by atomic mass is 10.1. The third-order valence-electron chi connectivity index (χ3n) is 4.66. The lowest BCUT2D eigenvalue weighted by molar-refractivity contribution is 0.0954. The second kappa shape index (κ2) is 8.26. The molecule has 0 radical (unpaired) electrons. The number of hydrogen-bond acceptors (Lipinski definition) is 3. The largest absolute Gasteiger partial charge is 0.507 e. The maximum absolute atomic E-state index is 13.5. The van der Waals surface area contributed by atoms with E-state index in [1.165, 1.54) is 24.3 Å². The number of phenolic OH excluding ortho intramolecular Hbond substituents is 1. The Morgan fingerprint density at radius 1 is 1.03 bits per heavy atom. The minimum atomic E-state index is -0.506. The van der Waals surface area contributed by atoms with Crippen LogP contribution >= 0.6 is 0 Å². The smallest absolute Gasteiger partial charge is 0.273 e. The summed E-state index contributed by atoms with van der Waals surface area (Å²) >= 11 is 0. The van der Waals surface area contributed by atoms with Crippen LogP contribution in [0.15, 0.2) is 53.6 Å². The van der Waals surface area contributed by atoms with Crippen LogP contribution in [0.4, 0.5) is 8.78 Å². The van der Waals surface area contributed by atoms with Gasteiger partial charge in [0, 0.05) is 22.6 Å². The molecule has 0 spiro atoms. The molecule has 0 aliphatic carbocycles. The second-order valence-corrected chi connectivity index (χ2v) is 6.61. The number of aromatic nitrogens is 1. The number of nitrogens with one attached hydrogen (secondary N) is 1. The maximum Gasteiger partial charge on any atom is 0.273 e. The van der Waals surface area contributed by atoms with Gasteiger partial charge in [0.15, 0.2) is 0 Å². The van der Waals surface area contributed by atoms with Crippen molar-refractivity contribution in [3.05, 3.63) is 82.7 Å². The average molecular weight is 397 g/mol. The number of hydrogen-bond donors (Lipinski definition) is 2. The summed E-state index contributed by atoms with van der Waals surface area (Å²) in [4.78, 5) is 12.7. The Hall–Kier alpha value is -3.48. The van der Waals surface area contributed by atoms with Crippen molar-refractivity contribution in [3.8, 4) is 11.4 Å². The van der Waals surface area contributed by atoms with Gasteiger partial charge >= 0.3 is 0 Å². The SMILES string of the molecule is CC/C(=N\NC(=O)c1cc(C)n(-c2ccc(F)cc2)c1C)c1cc(F)ccc1O. The first kappa shape index (κ1) is 20.3. The van der Waals surface area contributed by atoms with Gasteiger partial charge in [-0.15, -0.1) is 0 Å². The third kappa shape index (κ3) is 4.18. The fourth-order valence-electron chi connectivity index (χ4n) is 3.23. The zero-order chi connectivity index (χ0) is 21.1. The van der Waals surface area contributed by atoms with Crippen molar-refractivity contribution in [3.63, 3.8) is 0 Å². The lowest BCUT2D eigenvalue weighted by Crippen LogP contribution is -2.20. The van der Waals surface area contributed by atoms with Crippen molar-refractivity contribution in [2.24, 2.45) is 5.10 Å². The van der Waals surface area contributed by atoms with E-state index in [1.807, 2.05) is 11.5 Å². The van der Waals surface area contributed by atoms with Crippen LogP contribution < -0.4 is 5.43 Å². The number of benzene rings is 2. The van der Waals surface area contributed by atoms with Crippen LogP contribution in [0.5, 0.6) is 5.75 Å². The topological polar surface area (TPSA) is 66.6 Å². The summed E-state index contributed by atoms with van der Waals surface area (Å²) in [5, 5.41) is 14.0. The molecular formula is C22H21F2N3O2. The molecule has 0 fully saturated rings. The van der Waals surface area contributed by atoms with Gasteiger partial charge in [-0.1, -0.05) is 6.92 Å². The van der Waals surface area contributed by atoms with Crippen molar-refractivity contribution in [2.45, 2.75) is 27.2 Å². The number of amides is 1. The monoisotopic (exact) mass is 397 g/mol. The summed E-state index contributed by atoms with van der Waals surface area (Å²) < 4.78 is 28.6. The van der Waals surface area contributed by atoms with Crippen molar-refractivity contribution in [2.75, 3.05) is 0 Å². The molecule has 1 amide bonds. The van der Waals surface area contributed by atoms with Crippen LogP contribution in [-0.4, -0.2) is 21.3 Å². The number of phenols is 1. The predicted molar refractivity (Wildman–Crippen MR) is 108 cm³/mol. The van der Waals surface area contributed by atoms with Gasteiger partial charge in [0.05, 0.1) is 11.3 Å². The van der Waals surface area contributed by atoms with Crippen LogP contribution in [0.3, 0.4) is 0 Å². The Kier molecular flexibility index (Phi) is 5.77. The van der Waals surface area contributed by atoms with E-state index in [0.29, 0.717) is 23.4 Å². The molecule has 29 heavy (non-hydrogen) atoms. The molecule has 3 aromatic rings. The molecule has 0 aliphatic heterocycles. The van der Waals surface area contributed by atoms with Crippen molar-refractivity contribution in [1.29, 1.82) is 0 Å². The van der Waals surface area contributed by atoms with E-state index in [9.17, 15) is 18.7 Å². The van der Waals surface area contributed by atoms with E-state index in [-0.39, 0.29) is 17.1 Å². The molecule has 150 valence electrons. The predicted octanol–water partition coefficient (Wildman–Crippen LogP) is 4.62. The molecule has 1 heterocycles. The molecule has 2 N–H and O–H groups in total. The quantitative estimate of drug-likeness (QED) is 0.487. The van der Waals surface area contributed by atoms with Gasteiger partial charge in [-0.25, -0.2) is 14.2 Å². The average Bonchev–Trinajstić information content (AvgIpc) is 3.00. The highest BCUT2D eigenvalue weighted by Gasteiger charge is 2.17. The highest BCUT2D eigenvalue weighted by atomic mass is 19.1. The van der Waals surface area contributed by atoms with Crippen LogP contribution in [0.2, 0.25) is 0 Å². The molecule has 2 aromatic carbocycles. The Morgan fingerprint density at radius 3 is 2.34 bits per heavy atom. The van der Waals surface area contributed by atoms with Crippen LogP contribution in [0.1, 0.15) is 40.7 Å². The number of aromatic hydroxyl groups is 1. The van der Waals surface area contributed by atoms with Gasteiger partial charge < -0.3 is 9.67 Å². The summed E-state index contributed by atoms with van der Waals surface area (Å²) in [6.45, 7) is 5.42. The summed E-state index contributed by atoms with van der Waals surface area (Å²) in [6, 6.07) is 11.3. The molecule has 0 aliphatic rings. The summed E-state index contributed by atoms with van der Waals surface area (Å²) in [7, 11) is 0. The van der Waals surface area contributed by atoms with Crippen molar-refractivity contribution >= 4 is 11.6 Å². The third-order valence-corrected chi connectivity index (χ3v) is 4.66. The minimum absolute atomic E-state index is 0.115. The zero-order valence-electron chi connectivity index (χ0n) is 16.3. The second-order valence-electron chi connectivity index (χ2n) is 6.61. The molecule has 0 atom stereocenters. The molecule has 7 heteroatoms. The molecule has 0 saturated heterocycles. The fraction of sp³-hybridized carbons (Fsp3) is 0.182. The maximum atomic E-state index is 13.5. The van der Waals surface area contributed by atoms with Gasteiger partial charge in [0.25, 0.3) is 5.91 Å². The fourth-order valence-corrected chi connectivity index (χ4v) is 3.23. The van der Waals surface area contributed by atoms with Gasteiger partial charge in [-0.2, -0.15) is 5.10 Å². The number of carbonyl (C=O) groups is 1. The Morgan fingerprint density at radius 2 is 1.69 bits per heavy atom. The number of carbonyl (C=O) groups excluding carboxylic acids is 1. The summed E-state index contributed by atoms with van der Waals surface area (Å²) in [5.41, 5.74) is 5.69. The highest BCUT2D eigenvalue weighted by Crippen LogP contribution is 2.22. The molecular weight excluding hydrogens is 376 g/mol. The van der Waals surface area contributed by atoms with Crippen molar-refractivity contribution < 1.29 is 18.7 Å². The number of halogens is 2. The lowest BCUT2D eigenvalue weighted by Gasteiger charge is -2.10. The van der Waals surface area contributed by atoms with E-state index >= 15 is 0 Å².